The van der Waals surface area contributed by atoms with Crippen LogP contribution in [-0.2, 0) is 16.0 Å². The number of benzene rings is 1. The quantitative estimate of drug-likeness (QED) is 0.766. The standard InChI is InChI=1S/C16H21BrN2O2/c17-14-5-1-4-13(12-14)7-8-15(20)18-9-3-11-19-10-2-6-16(19)21/h1,4-5,12H,2-3,6-11H2,(H,18,20). The van der Waals surface area contributed by atoms with Crippen LogP contribution in [-0.4, -0.2) is 36.3 Å². The van der Waals surface area contributed by atoms with Crippen molar-refractivity contribution in [3.05, 3.63) is 34.3 Å². The molecule has 5 heteroatoms. The molecule has 114 valence electrons. The molecular weight excluding hydrogens is 332 g/mol. The summed E-state index contributed by atoms with van der Waals surface area (Å²) in [6.07, 6.45) is 3.72. The summed E-state index contributed by atoms with van der Waals surface area (Å²) < 4.78 is 1.04. The van der Waals surface area contributed by atoms with Crippen molar-refractivity contribution in [2.45, 2.75) is 32.1 Å². The highest BCUT2D eigenvalue weighted by molar-refractivity contribution is 9.10. The Morgan fingerprint density at radius 3 is 2.95 bits per heavy atom. The minimum absolute atomic E-state index is 0.0720. The van der Waals surface area contributed by atoms with E-state index in [-0.39, 0.29) is 11.8 Å². The lowest BCUT2D eigenvalue weighted by atomic mass is 10.1. The molecule has 1 heterocycles. The lowest BCUT2D eigenvalue weighted by Crippen LogP contribution is -2.30. The maximum absolute atomic E-state index is 11.8. The second-order valence-electron chi connectivity index (χ2n) is 5.32. The maximum Gasteiger partial charge on any atom is 0.222 e. The number of amides is 2. The third-order valence-electron chi connectivity index (χ3n) is 3.63. The first-order chi connectivity index (χ1) is 10.1. The van der Waals surface area contributed by atoms with Gasteiger partial charge in [-0.1, -0.05) is 28.1 Å². The summed E-state index contributed by atoms with van der Waals surface area (Å²) in [4.78, 5) is 25.1. The molecule has 0 bridgehead atoms. The van der Waals surface area contributed by atoms with Gasteiger partial charge in [0.15, 0.2) is 0 Å². The summed E-state index contributed by atoms with van der Waals surface area (Å²) in [5.41, 5.74) is 1.15. The second-order valence-corrected chi connectivity index (χ2v) is 6.23. The molecule has 1 aliphatic heterocycles. The largest absolute Gasteiger partial charge is 0.356 e. The molecule has 0 radical (unpaired) electrons. The van der Waals surface area contributed by atoms with Crippen LogP contribution in [0.25, 0.3) is 0 Å². The maximum atomic E-state index is 11.8. The Bertz CT molecular complexity index is 505. The van der Waals surface area contributed by atoms with Gasteiger partial charge in [-0.2, -0.15) is 0 Å². The van der Waals surface area contributed by atoms with Crippen LogP contribution >= 0.6 is 15.9 Å². The third-order valence-corrected chi connectivity index (χ3v) is 4.12. The van der Waals surface area contributed by atoms with E-state index in [1.54, 1.807) is 0 Å². The van der Waals surface area contributed by atoms with E-state index < -0.39 is 0 Å². The van der Waals surface area contributed by atoms with E-state index in [2.05, 4.69) is 21.2 Å². The fourth-order valence-corrected chi connectivity index (χ4v) is 2.92. The van der Waals surface area contributed by atoms with Crippen molar-refractivity contribution in [1.29, 1.82) is 0 Å². The number of carbonyl (C=O) groups excluding carboxylic acids is 2. The van der Waals surface area contributed by atoms with Crippen molar-refractivity contribution in [2.75, 3.05) is 19.6 Å². The lowest BCUT2D eigenvalue weighted by molar-refractivity contribution is -0.127. The van der Waals surface area contributed by atoms with Crippen LogP contribution < -0.4 is 5.32 Å². The molecule has 4 nitrogen and oxygen atoms in total. The number of hydrogen-bond acceptors (Lipinski definition) is 2. The average Bonchev–Trinajstić information content (AvgIpc) is 2.87. The van der Waals surface area contributed by atoms with Gasteiger partial charge in [0.1, 0.15) is 0 Å². The Balaban J connectivity index is 1.58. The first-order valence-electron chi connectivity index (χ1n) is 7.44. The number of carbonyl (C=O) groups is 2. The number of aryl methyl sites for hydroxylation is 1. The number of nitrogens with one attached hydrogen (secondary N) is 1. The predicted octanol–water partition coefficient (Wildman–Crippen LogP) is 2.51. The Morgan fingerprint density at radius 2 is 2.24 bits per heavy atom. The first-order valence-corrected chi connectivity index (χ1v) is 8.23. The summed E-state index contributed by atoms with van der Waals surface area (Å²) >= 11 is 3.42. The van der Waals surface area contributed by atoms with Gasteiger partial charge in [-0.05, 0) is 37.0 Å². The van der Waals surface area contributed by atoms with E-state index in [9.17, 15) is 9.59 Å². The molecular formula is C16H21BrN2O2. The van der Waals surface area contributed by atoms with Crippen molar-refractivity contribution in [2.24, 2.45) is 0 Å². The molecule has 1 aromatic carbocycles. The number of hydrogen-bond donors (Lipinski definition) is 1. The number of halogens is 1. The SMILES string of the molecule is O=C(CCc1cccc(Br)c1)NCCCN1CCCC1=O. The zero-order valence-corrected chi connectivity index (χ0v) is 13.7. The van der Waals surface area contributed by atoms with Gasteiger partial charge in [-0.3, -0.25) is 9.59 Å². The van der Waals surface area contributed by atoms with Crippen LogP contribution in [0.4, 0.5) is 0 Å². The molecule has 0 spiro atoms. The Hall–Kier alpha value is -1.36. The molecule has 0 atom stereocenters. The van der Waals surface area contributed by atoms with Crippen molar-refractivity contribution < 1.29 is 9.59 Å². The van der Waals surface area contributed by atoms with Crippen LogP contribution in [0, 0.1) is 0 Å². The van der Waals surface area contributed by atoms with E-state index in [0.717, 1.165) is 42.4 Å². The molecule has 1 fully saturated rings. The summed E-state index contributed by atoms with van der Waals surface area (Å²) in [7, 11) is 0. The van der Waals surface area contributed by atoms with E-state index in [1.165, 1.54) is 0 Å². The van der Waals surface area contributed by atoms with Crippen molar-refractivity contribution in [3.8, 4) is 0 Å². The monoisotopic (exact) mass is 352 g/mol. The summed E-state index contributed by atoms with van der Waals surface area (Å²) in [5, 5.41) is 2.92. The molecule has 1 saturated heterocycles. The molecule has 1 aromatic rings. The molecule has 0 unspecified atom stereocenters. The van der Waals surface area contributed by atoms with Crippen LogP contribution in [0.2, 0.25) is 0 Å². The van der Waals surface area contributed by atoms with Crippen LogP contribution in [0.5, 0.6) is 0 Å². The highest BCUT2D eigenvalue weighted by Gasteiger charge is 2.18. The molecule has 0 saturated carbocycles. The van der Waals surface area contributed by atoms with E-state index >= 15 is 0 Å². The molecule has 1 N–H and O–H groups in total. The normalized spacial score (nSPS) is 14.5. The Kier molecular flexibility index (Phi) is 6.23. The Labute approximate surface area is 134 Å². The van der Waals surface area contributed by atoms with Crippen LogP contribution in [0.3, 0.4) is 0 Å². The van der Waals surface area contributed by atoms with Crippen molar-refractivity contribution >= 4 is 27.7 Å². The average molecular weight is 353 g/mol. The third kappa shape index (κ3) is 5.50. The minimum atomic E-state index is 0.0720. The van der Waals surface area contributed by atoms with Crippen LogP contribution in [0.15, 0.2) is 28.7 Å². The van der Waals surface area contributed by atoms with Gasteiger partial charge in [0.2, 0.25) is 11.8 Å². The lowest BCUT2D eigenvalue weighted by Gasteiger charge is -2.15. The summed E-state index contributed by atoms with van der Waals surface area (Å²) in [6, 6.07) is 8.01. The van der Waals surface area contributed by atoms with Gasteiger partial charge in [0, 0.05) is 36.9 Å². The van der Waals surface area contributed by atoms with E-state index in [4.69, 9.17) is 0 Å². The minimum Gasteiger partial charge on any atom is -0.356 e. The summed E-state index contributed by atoms with van der Waals surface area (Å²) in [5.74, 6) is 0.318. The highest BCUT2D eigenvalue weighted by atomic mass is 79.9. The highest BCUT2D eigenvalue weighted by Crippen LogP contribution is 2.13. The fourth-order valence-electron chi connectivity index (χ4n) is 2.48. The first kappa shape index (κ1) is 16.0. The van der Waals surface area contributed by atoms with E-state index in [0.29, 0.717) is 19.4 Å². The van der Waals surface area contributed by atoms with Crippen molar-refractivity contribution in [1.82, 2.24) is 10.2 Å². The van der Waals surface area contributed by atoms with Crippen LogP contribution in [0.1, 0.15) is 31.2 Å². The molecule has 2 amide bonds. The molecule has 2 rings (SSSR count). The zero-order chi connectivity index (χ0) is 15.1. The van der Waals surface area contributed by atoms with E-state index in [1.807, 2.05) is 29.2 Å². The fraction of sp³-hybridized carbons (Fsp3) is 0.500. The molecule has 0 aliphatic carbocycles. The van der Waals surface area contributed by atoms with Gasteiger partial charge in [-0.15, -0.1) is 0 Å². The molecule has 21 heavy (non-hydrogen) atoms. The van der Waals surface area contributed by atoms with Gasteiger partial charge in [-0.25, -0.2) is 0 Å². The smallest absolute Gasteiger partial charge is 0.222 e. The zero-order valence-electron chi connectivity index (χ0n) is 12.1. The van der Waals surface area contributed by atoms with Gasteiger partial charge in [0.25, 0.3) is 0 Å². The number of nitrogens with zero attached hydrogens (tertiary/aromatic N) is 1. The molecule has 1 aliphatic rings. The number of likely N-dealkylation sites (tertiary alicyclic amines) is 1. The molecule has 0 aromatic heterocycles. The topological polar surface area (TPSA) is 49.4 Å². The number of rotatable bonds is 7. The van der Waals surface area contributed by atoms with Gasteiger partial charge in [0.05, 0.1) is 0 Å². The predicted molar refractivity (Wildman–Crippen MR) is 85.9 cm³/mol. The van der Waals surface area contributed by atoms with Gasteiger partial charge >= 0.3 is 0 Å². The Morgan fingerprint density at radius 1 is 1.38 bits per heavy atom. The second kappa shape index (κ2) is 8.17. The van der Waals surface area contributed by atoms with Gasteiger partial charge < -0.3 is 10.2 Å². The summed E-state index contributed by atoms with van der Waals surface area (Å²) in [6.45, 7) is 2.27. The van der Waals surface area contributed by atoms with Crippen molar-refractivity contribution in [3.63, 3.8) is 0 Å².